The number of nitrogens with zero attached hydrogens (tertiary/aromatic N) is 3. The van der Waals surface area contributed by atoms with Crippen LogP contribution < -0.4 is 20.5 Å². The highest BCUT2D eigenvalue weighted by atomic mass is 19.4. The first kappa shape index (κ1) is 28.7. The summed E-state index contributed by atoms with van der Waals surface area (Å²) in [7, 11) is 5.66. The van der Waals surface area contributed by atoms with Gasteiger partial charge in [-0.15, -0.1) is 0 Å². The number of hydrogen-bond acceptors (Lipinski definition) is 7. The number of benzene rings is 2. The molecule has 1 aromatic heterocycles. The third-order valence-corrected chi connectivity index (χ3v) is 7.87. The van der Waals surface area contributed by atoms with Gasteiger partial charge in [0.2, 0.25) is 0 Å². The fraction of sp³-hybridized carbons (Fsp3) is 0.500. The van der Waals surface area contributed by atoms with Gasteiger partial charge in [-0.2, -0.15) is 13.2 Å². The molecule has 1 fully saturated rings. The second kappa shape index (κ2) is 10.7. The van der Waals surface area contributed by atoms with E-state index in [1.54, 1.807) is 33.1 Å². The van der Waals surface area contributed by atoms with Crippen molar-refractivity contribution in [2.45, 2.75) is 58.3 Å². The molecule has 0 bridgehead atoms. The highest BCUT2D eigenvalue weighted by molar-refractivity contribution is 5.92. The lowest BCUT2D eigenvalue weighted by molar-refractivity contribution is -0.140. The summed E-state index contributed by atoms with van der Waals surface area (Å²) in [6.45, 7) is 5.93. The van der Waals surface area contributed by atoms with E-state index in [-0.39, 0.29) is 16.7 Å². The lowest BCUT2D eigenvalue weighted by atomic mass is 9.64. The van der Waals surface area contributed by atoms with Gasteiger partial charge in [-0.3, -0.25) is 0 Å². The van der Waals surface area contributed by atoms with Crippen molar-refractivity contribution in [1.29, 1.82) is 0 Å². The molecule has 0 aliphatic heterocycles. The molecular weight excluding hydrogens is 514 g/mol. The molecule has 0 spiro atoms. The average Bonchev–Trinajstić information content (AvgIpc) is 2.83. The van der Waals surface area contributed by atoms with E-state index in [1.807, 2.05) is 0 Å². The Morgan fingerprint density at radius 3 is 2.36 bits per heavy atom. The van der Waals surface area contributed by atoms with E-state index < -0.39 is 23.6 Å². The van der Waals surface area contributed by atoms with Gasteiger partial charge in [-0.05, 0) is 65.9 Å². The number of rotatable bonds is 9. The lowest BCUT2D eigenvalue weighted by Gasteiger charge is -2.48. The zero-order valence-corrected chi connectivity index (χ0v) is 23.0. The predicted octanol–water partition coefficient (Wildman–Crippen LogP) is 6.36. The van der Waals surface area contributed by atoms with E-state index >= 15 is 0 Å². The summed E-state index contributed by atoms with van der Waals surface area (Å²) in [5, 5.41) is 3.63. The van der Waals surface area contributed by atoms with Crippen molar-refractivity contribution in [2.75, 3.05) is 38.9 Å². The lowest BCUT2D eigenvalue weighted by Crippen LogP contribution is -2.50. The van der Waals surface area contributed by atoms with Gasteiger partial charge in [0.1, 0.15) is 17.5 Å². The molecule has 7 nitrogen and oxygen atoms in total. The van der Waals surface area contributed by atoms with Gasteiger partial charge in [0.25, 0.3) is 0 Å². The van der Waals surface area contributed by atoms with Crippen LogP contribution in [0.4, 0.5) is 29.1 Å². The molecule has 0 amide bonds. The first-order chi connectivity index (χ1) is 18.3. The van der Waals surface area contributed by atoms with Gasteiger partial charge in [-0.1, -0.05) is 6.42 Å². The van der Waals surface area contributed by atoms with Crippen LogP contribution >= 0.6 is 0 Å². The van der Waals surface area contributed by atoms with E-state index in [2.05, 4.69) is 41.2 Å². The zero-order valence-electron chi connectivity index (χ0n) is 23.0. The van der Waals surface area contributed by atoms with Crippen LogP contribution in [-0.2, 0) is 6.18 Å². The Kier molecular flexibility index (Phi) is 7.84. The third-order valence-electron chi connectivity index (χ3n) is 7.87. The normalized spacial score (nSPS) is 16.6. The summed E-state index contributed by atoms with van der Waals surface area (Å²) in [4.78, 5) is 11.2. The molecule has 0 radical (unpaired) electrons. The quantitative estimate of drug-likeness (QED) is 0.237. The van der Waals surface area contributed by atoms with E-state index in [1.165, 1.54) is 6.07 Å². The number of nitrogens with one attached hydrogen (secondary N) is 1. The number of nitrogen functional groups attached to an aromatic ring is 1. The monoisotopic (exact) mass is 549 g/mol. The van der Waals surface area contributed by atoms with Crippen LogP contribution in [0.25, 0.3) is 10.9 Å². The Balaban J connectivity index is 1.70. The Hall–Kier alpha value is -3.34. The van der Waals surface area contributed by atoms with E-state index in [9.17, 15) is 17.6 Å². The topological polar surface area (TPSA) is 85.5 Å². The highest BCUT2D eigenvalue weighted by Crippen LogP contribution is 2.46. The number of halogens is 4. The van der Waals surface area contributed by atoms with Crippen LogP contribution in [-0.4, -0.2) is 48.7 Å². The third kappa shape index (κ3) is 5.68. The van der Waals surface area contributed by atoms with Crippen molar-refractivity contribution in [3.63, 3.8) is 0 Å². The molecule has 0 unspecified atom stereocenters. The molecular formula is C28H35F4N5O2. The smallest absolute Gasteiger partial charge is 0.419 e. The SMILES string of the molecule is COc1cc2nc(C)nc(N[C@H](C)c3cc(N)cc(C(F)(F)F)c3F)c2cc1OCC1([C@H](C)N(C)C)CCC1. The van der Waals surface area contributed by atoms with Gasteiger partial charge in [-0.25, -0.2) is 14.4 Å². The molecule has 11 heteroatoms. The number of ether oxygens (including phenoxy) is 2. The number of nitrogens with two attached hydrogens (primary N) is 1. The fourth-order valence-corrected chi connectivity index (χ4v) is 5.19. The Labute approximate surface area is 225 Å². The molecule has 0 saturated heterocycles. The van der Waals surface area contributed by atoms with Gasteiger partial charge in [0.15, 0.2) is 11.5 Å². The number of methoxy groups -OCH3 is 1. The largest absolute Gasteiger partial charge is 0.493 e. The fourth-order valence-electron chi connectivity index (χ4n) is 5.19. The average molecular weight is 550 g/mol. The first-order valence-corrected chi connectivity index (χ1v) is 12.8. The predicted molar refractivity (Wildman–Crippen MR) is 144 cm³/mol. The van der Waals surface area contributed by atoms with E-state index in [0.717, 1.165) is 19.3 Å². The maximum atomic E-state index is 14.9. The second-order valence-corrected chi connectivity index (χ2v) is 10.6. The van der Waals surface area contributed by atoms with Crippen LogP contribution in [0.2, 0.25) is 0 Å². The maximum absolute atomic E-state index is 14.9. The number of aryl methyl sites for hydroxylation is 1. The highest BCUT2D eigenvalue weighted by Gasteiger charge is 2.44. The van der Waals surface area contributed by atoms with Crippen molar-refractivity contribution in [2.24, 2.45) is 5.41 Å². The van der Waals surface area contributed by atoms with Gasteiger partial charge in [0, 0.05) is 34.2 Å². The Morgan fingerprint density at radius 2 is 1.79 bits per heavy atom. The Bertz CT molecular complexity index is 1360. The van der Waals surface area contributed by atoms with Crippen molar-refractivity contribution in [1.82, 2.24) is 14.9 Å². The Morgan fingerprint density at radius 1 is 1.10 bits per heavy atom. The standard InChI is InChI=1S/C28H35F4N5O2/c1-15(19-10-18(33)11-21(25(19)29)28(30,31)32)34-26-20-12-24(23(38-6)13-22(20)35-17(3)36-26)39-14-27(8-7-9-27)16(2)37(4)5/h10-13,15-16H,7-9,14,33H2,1-6H3,(H,34,35,36)/t15-,16+/m1/s1. The van der Waals surface area contributed by atoms with Crippen LogP contribution in [0.3, 0.4) is 0 Å². The van der Waals surface area contributed by atoms with Crippen LogP contribution in [0.1, 0.15) is 56.1 Å². The molecule has 2 atom stereocenters. The number of aromatic nitrogens is 2. The molecule has 1 aliphatic rings. The van der Waals surface area contributed by atoms with E-state index in [0.29, 0.717) is 52.8 Å². The first-order valence-electron chi connectivity index (χ1n) is 12.8. The van der Waals surface area contributed by atoms with Crippen LogP contribution in [0.15, 0.2) is 24.3 Å². The number of fused-ring (bicyclic) bond motifs is 1. The molecule has 1 aliphatic carbocycles. The molecule has 1 heterocycles. The van der Waals surface area contributed by atoms with Crippen molar-refractivity contribution in [3.05, 3.63) is 47.0 Å². The molecule has 212 valence electrons. The minimum absolute atomic E-state index is 0.0177. The minimum atomic E-state index is -4.88. The number of anilines is 2. The maximum Gasteiger partial charge on any atom is 0.419 e. The number of alkyl halides is 3. The summed E-state index contributed by atoms with van der Waals surface area (Å²) in [5.74, 6) is 0.375. The summed E-state index contributed by atoms with van der Waals surface area (Å²) < 4.78 is 67.1. The van der Waals surface area contributed by atoms with E-state index in [4.69, 9.17) is 15.2 Å². The van der Waals surface area contributed by atoms with Crippen LogP contribution in [0, 0.1) is 18.2 Å². The zero-order chi connectivity index (χ0) is 28.7. The number of hydrogen-bond donors (Lipinski definition) is 2. The van der Waals surface area contributed by atoms with Crippen molar-refractivity contribution in [3.8, 4) is 11.5 Å². The summed E-state index contributed by atoms with van der Waals surface area (Å²) in [6, 6.07) is 4.71. The molecule has 2 aromatic carbocycles. The molecule has 1 saturated carbocycles. The summed E-state index contributed by atoms with van der Waals surface area (Å²) >= 11 is 0. The van der Waals surface area contributed by atoms with Gasteiger partial charge >= 0.3 is 6.18 Å². The molecule has 3 aromatic rings. The molecule has 4 rings (SSSR count). The van der Waals surface area contributed by atoms with Gasteiger partial charge in [0.05, 0.1) is 30.8 Å². The molecule has 39 heavy (non-hydrogen) atoms. The van der Waals surface area contributed by atoms with Crippen molar-refractivity contribution >= 4 is 22.4 Å². The summed E-state index contributed by atoms with van der Waals surface area (Å²) in [5.41, 5.74) is 4.44. The van der Waals surface area contributed by atoms with Crippen LogP contribution in [0.5, 0.6) is 11.5 Å². The van der Waals surface area contributed by atoms with Gasteiger partial charge < -0.3 is 25.4 Å². The summed E-state index contributed by atoms with van der Waals surface area (Å²) in [6.07, 6.45) is -1.62. The molecule has 3 N–H and O–H groups in total. The van der Waals surface area contributed by atoms with Crippen molar-refractivity contribution < 1.29 is 27.0 Å². The minimum Gasteiger partial charge on any atom is -0.493 e. The second-order valence-electron chi connectivity index (χ2n) is 10.6.